The average Bonchev–Trinajstić information content (AvgIpc) is 2.46. The maximum atomic E-state index is 10.3. The molecule has 1 aromatic heterocycles. The standard InChI is InChI=1S/C11H19ClN2O2/c1-5-11(15,7-16-4)6-9-8(2)13-14(3)10(9)12/h15H,5-7H2,1-4H3. The molecule has 0 spiro atoms. The number of aliphatic hydroxyl groups is 1. The zero-order chi connectivity index (χ0) is 12.3. The normalized spacial score (nSPS) is 15.1. The molecule has 1 heterocycles. The molecule has 0 aromatic carbocycles. The van der Waals surface area contributed by atoms with Crippen molar-refractivity contribution in [1.29, 1.82) is 0 Å². The summed E-state index contributed by atoms with van der Waals surface area (Å²) < 4.78 is 6.66. The van der Waals surface area contributed by atoms with E-state index in [4.69, 9.17) is 16.3 Å². The van der Waals surface area contributed by atoms with E-state index in [1.165, 1.54) is 0 Å². The Bertz CT molecular complexity index is 365. The molecule has 0 saturated heterocycles. The highest BCUT2D eigenvalue weighted by atomic mass is 35.5. The van der Waals surface area contributed by atoms with Crippen LogP contribution >= 0.6 is 11.6 Å². The molecular formula is C11H19ClN2O2. The van der Waals surface area contributed by atoms with Crippen molar-refractivity contribution < 1.29 is 9.84 Å². The third-order valence-corrected chi connectivity index (χ3v) is 3.32. The molecule has 1 unspecified atom stereocenters. The van der Waals surface area contributed by atoms with E-state index in [-0.39, 0.29) is 0 Å². The molecule has 0 saturated carbocycles. The molecular weight excluding hydrogens is 228 g/mol. The highest BCUT2D eigenvalue weighted by Gasteiger charge is 2.28. The van der Waals surface area contributed by atoms with Crippen LogP contribution in [0.2, 0.25) is 5.15 Å². The lowest BCUT2D eigenvalue weighted by Gasteiger charge is -2.25. The number of methoxy groups -OCH3 is 1. The summed E-state index contributed by atoms with van der Waals surface area (Å²) in [6, 6.07) is 0. The van der Waals surface area contributed by atoms with Gasteiger partial charge in [-0.25, -0.2) is 0 Å². The Balaban J connectivity index is 2.93. The summed E-state index contributed by atoms with van der Waals surface area (Å²) in [7, 11) is 3.37. The average molecular weight is 247 g/mol. The zero-order valence-electron chi connectivity index (χ0n) is 10.2. The van der Waals surface area contributed by atoms with Crippen LogP contribution in [-0.4, -0.2) is 34.2 Å². The molecule has 1 rings (SSSR count). The first kappa shape index (κ1) is 13.5. The Hall–Kier alpha value is -0.580. The van der Waals surface area contributed by atoms with Gasteiger partial charge in [0, 0.05) is 26.1 Å². The fourth-order valence-corrected chi connectivity index (χ4v) is 1.99. The minimum Gasteiger partial charge on any atom is -0.387 e. The lowest BCUT2D eigenvalue weighted by molar-refractivity contribution is -0.0334. The van der Waals surface area contributed by atoms with Gasteiger partial charge in [0.2, 0.25) is 0 Å². The van der Waals surface area contributed by atoms with Gasteiger partial charge in [-0.1, -0.05) is 18.5 Å². The number of rotatable bonds is 5. The van der Waals surface area contributed by atoms with Crippen molar-refractivity contribution >= 4 is 11.6 Å². The van der Waals surface area contributed by atoms with E-state index in [9.17, 15) is 5.11 Å². The van der Waals surface area contributed by atoms with Crippen LogP contribution in [0.1, 0.15) is 24.6 Å². The van der Waals surface area contributed by atoms with Crippen molar-refractivity contribution in [2.45, 2.75) is 32.3 Å². The Morgan fingerprint density at radius 2 is 2.19 bits per heavy atom. The SMILES string of the molecule is CCC(O)(COC)Cc1c(C)nn(C)c1Cl. The van der Waals surface area contributed by atoms with E-state index in [0.717, 1.165) is 11.3 Å². The van der Waals surface area contributed by atoms with Crippen LogP contribution in [0.4, 0.5) is 0 Å². The third kappa shape index (κ3) is 2.75. The van der Waals surface area contributed by atoms with Crippen molar-refractivity contribution in [1.82, 2.24) is 9.78 Å². The number of ether oxygens (including phenoxy) is 1. The second-order valence-electron chi connectivity index (χ2n) is 4.17. The molecule has 0 radical (unpaired) electrons. The van der Waals surface area contributed by atoms with Gasteiger partial charge >= 0.3 is 0 Å². The van der Waals surface area contributed by atoms with Gasteiger partial charge in [-0.15, -0.1) is 0 Å². The van der Waals surface area contributed by atoms with Gasteiger partial charge in [-0.2, -0.15) is 5.10 Å². The van der Waals surface area contributed by atoms with E-state index in [2.05, 4.69) is 5.10 Å². The Morgan fingerprint density at radius 3 is 2.56 bits per heavy atom. The first-order valence-corrected chi connectivity index (χ1v) is 5.70. The molecule has 92 valence electrons. The van der Waals surface area contributed by atoms with Gasteiger partial charge in [0.05, 0.1) is 17.9 Å². The molecule has 0 amide bonds. The fourth-order valence-electron chi connectivity index (χ4n) is 1.75. The van der Waals surface area contributed by atoms with Crippen LogP contribution < -0.4 is 0 Å². The smallest absolute Gasteiger partial charge is 0.130 e. The molecule has 0 aliphatic rings. The first-order valence-electron chi connectivity index (χ1n) is 5.33. The van der Waals surface area contributed by atoms with Crippen LogP contribution in [0.5, 0.6) is 0 Å². The Morgan fingerprint density at radius 1 is 1.56 bits per heavy atom. The Labute approximate surface area is 101 Å². The lowest BCUT2D eigenvalue weighted by Crippen LogP contribution is -2.36. The zero-order valence-corrected chi connectivity index (χ0v) is 11.0. The first-order chi connectivity index (χ1) is 7.43. The predicted molar refractivity (Wildman–Crippen MR) is 63.8 cm³/mol. The maximum Gasteiger partial charge on any atom is 0.130 e. The summed E-state index contributed by atoms with van der Waals surface area (Å²) in [4.78, 5) is 0. The molecule has 1 aromatic rings. The van der Waals surface area contributed by atoms with Crippen LogP contribution in [0, 0.1) is 6.92 Å². The molecule has 0 bridgehead atoms. The van der Waals surface area contributed by atoms with Crippen LogP contribution in [0.3, 0.4) is 0 Å². The number of nitrogens with zero attached hydrogens (tertiary/aromatic N) is 2. The van der Waals surface area contributed by atoms with E-state index < -0.39 is 5.60 Å². The highest BCUT2D eigenvalue weighted by Crippen LogP contribution is 2.25. The molecule has 5 heteroatoms. The second kappa shape index (κ2) is 5.17. The number of hydrogen-bond donors (Lipinski definition) is 1. The van der Waals surface area contributed by atoms with Gasteiger partial charge in [0.1, 0.15) is 5.15 Å². The minimum atomic E-state index is -0.869. The van der Waals surface area contributed by atoms with Crippen LogP contribution in [-0.2, 0) is 18.2 Å². The van der Waals surface area contributed by atoms with Gasteiger partial charge in [0.25, 0.3) is 0 Å². The number of halogens is 1. The topological polar surface area (TPSA) is 47.3 Å². The van der Waals surface area contributed by atoms with E-state index in [0.29, 0.717) is 24.6 Å². The molecule has 0 fully saturated rings. The highest BCUT2D eigenvalue weighted by molar-refractivity contribution is 6.30. The summed E-state index contributed by atoms with van der Waals surface area (Å²) in [5, 5.41) is 15.1. The van der Waals surface area contributed by atoms with Gasteiger partial charge in [0.15, 0.2) is 0 Å². The predicted octanol–water partition coefficient (Wildman–Crippen LogP) is 1.71. The van der Waals surface area contributed by atoms with E-state index in [1.807, 2.05) is 13.8 Å². The summed E-state index contributed by atoms with van der Waals surface area (Å²) in [5.41, 5.74) is 0.882. The summed E-state index contributed by atoms with van der Waals surface area (Å²) in [6.07, 6.45) is 1.08. The van der Waals surface area contributed by atoms with Crippen molar-refractivity contribution in [3.8, 4) is 0 Å². The number of aryl methyl sites for hydroxylation is 2. The maximum absolute atomic E-state index is 10.3. The number of aromatic nitrogens is 2. The fraction of sp³-hybridized carbons (Fsp3) is 0.727. The number of hydrogen-bond acceptors (Lipinski definition) is 3. The van der Waals surface area contributed by atoms with Crippen molar-refractivity contribution in [2.24, 2.45) is 7.05 Å². The Kier molecular flexibility index (Phi) is 4.35. The monoisotopic (exact) mass is 246 g/mol. The van der Waals surface area contributed by atoms with Gasteiger partial charge in [-0.05, 0) is 13.3 Å². The second-order valence-corrected chi connectivity index (χ2v) is 4.52. The van der Waals surface area contributed by atoms with E-state index >= 15 is 0 Å². The van der Waals surface area contributed by atoms with Crippen LogP contribution in [0.15, 0.2) is 0 Å². The van der Waals surface area contributed by atoms with Gasteiger partial charge in [-0.3, -0.25) is 4.68 Å². The van der Waals surface area contributed by atoms with Crippen molar-refractivity contribution in [2.75, 3.05) is 13.7 Å². The molecule has 4 nitrogen and oxygen atoms in total. The molecule has 0 aliphatic heterocycles. The third-order valence-electron chi connectivity index (χ3n) is 2.85. The molecule has 16 heavy (non-hydrogen) atoms. The van der Waals surface area contributed by atoms with E-state index in [1.54, 1.807) is 18.8 Å². The lowest BCUT2D eigenvalue weighted by atomic mass is 9.93. The van der Waals surface area contributed by atoms with Crippen LogP contribution in [0.25, 0.3) is 0 Å². The summed E-state index contributed by atoms with van der Waals surface area (Å²) in [6.45, 7) is 4.12. The summed E-state index contributed by atoms with van der Waals surface area (Å²) in [5.74, 6) is 0. The molecule has 1 N–H and O–H groups in total. The van der Waals surface area contributed by atoms with Crippen molar-refractivity contribution in [3.05, 3.63) is 16.4 Å². The largest absolute Gasteiger partial charge is 0.387 e. The molecule has 0 aliphatic carbocycles. The minimum absolute atomic E-state index is 0.300. The molecule has 1 atom stereocenters. The quantitative estimate of drug-likeness (QED) is 0.861. The van der Waals surface area contributed by atoms with Gasteiger partial charge < -0.3 is 9.84 Å². The summed E-state index contributed by atoms with van der Waals surface area (Å²) >= 11 is 6.13. The van der Waals surface area contributed by atoms with Crippen molar-refractivity contribution in [3.63, 3.8) is 0 Å².